The number of fused-ring (bicyclic) bond motifs is 1. The highest BCUT2D eigenvalue weighted by Crippen LogP contribution is 2.67. The van der Waals surface area contributed by atoms with Gasteiger partial charge in [0.1, 0.15) is 0 Å². The Morgan fingerprint density at radius 1 is 1.16 bits per heavy atom. The molecule has 6 rings (SSSR count). The van der Waals surface area contributed by atoms with Crippen LogP contribution in [0.1, 0.15) is 30.4 Å². The van der Waals surface area contributed by atoms with Crippen LogP contribution in [0.15, 0.2) is 12.1 Å². The zero-order valence-corrected chi connectivity index (χ0v) is 14.3. The summed E-state index contributed by atoms with van der Waals surface area (Å²) in [7, 11) is 2.10. The molecule has 4 atom stereocenters. The highest BCUT2D eigenvalue weighted by Gasteiger charge is 2.77. The molecule has 1 aromatic rings. The molecule has 2 aliphatic carbocycles. The van der Waals surface area contributed by atoms with E-state index in [4.69, 9.17) is 14.2 Å². The molecule has 2 saturated heterocycles. The molecule has 1 saturated carbocycles. The van der Waals surface area contributed by atoms with E-state index in [9.17, 15) is 10.2 Å². The van der Waals surface area contributed by atoms with Crippen LogP contribution < -0.4 is 4.74 Å². The van der Waals surface area contributed by atoms with Gasteiger partial charge in [-0.05, 0) is 44.5 Å². The van der Waals surface area contributed by atoms with Gasteiger partial charge in [0.15, 0.2) is 17.6 Å². The summed E-state index contributed by atoms with van der Waals surface area (Å²) < 4.78 is 18.5. The van der Waals surface area contributed by atoms with Crippen molar-refractivity contribution in [1.29, 1.82) is 0 Å². The summed E-state index contributed by atoms with van der Waals surface area (Å²) in [4.78, 5) is 2.28. The summed E-state index contributed by atoms with van der Waals surface area (Å²) in [6.45, 7) is 1.98. The molecule has 5 aliphatic rings. The number of phenolic OH excluding ortho intramolecular Hbond substituents is 1. The molecule has 0 amide bonds. The van der Waals surface area contributed by atoms with Gasteiger partial charge < -0.3 is 29.3 Å². The Morgan fingerprint density at radius 2 is 1.96 bits per heavy atom. The van der Waals surface area contributed by atoms with Gasteiger partial charge in [0.05, 0.1) is 24.2 Å². The molecule has 0 aromatic heterocycles. The number of benzene rings is 1. The zero-order valence-electron chi connectivity index (χ0n) is 14.3. The van der Waals surface area contributed by atoms with Crippen LogP contribution in [0.25, 0.3) is 0 Å². The summed E-state index contributed by atoms with van der Waals surface area (Å²) >= 11 is 0. The van der Waals surface area contributed by atoms with E-state index in [-0.39, 0.29) is 11.8 Å². The number of phenols is 1. The molecule has 6 heteroatoms. The third kappa shape index (κ3) is 1.42. The molecule has 6 nitrogen and oxygen atoms in total. The van der Waals surface area contributed by atoms with Gasteiger partial charge in [-0.1, -0.05) is 6.07 Å². The fraction of sp³-hybridized carbons (Fsp3) is 0.684. The number of likely N-dealkylation sites (N-methyl/N-ethyl adjacent to an activating group) is 1. The van der Waals surface area contributed by atoms with E-state index in [1.54, 1.807) is 6.07 Å². The number of nitrogens with zero attached hydrogens (tertiary/aromatic N) is 1. The summed E-state index contributed by atoms with van der Waals surface area (Å²) in [6.07, 6.45) is 2.38. The fourth-order valence-corrected chi connectivity index (χ4v) is 6.48. The lowest BCUT2D eigenvalue weighted by Crippen LogP contribution is -2.79. The van der Waals surface area contributed by atoms with Crippen molar-refractivity contribution < 1.29 is 24.4 Å². The molecule has 3 fully saturated rings. The Kier molecular flexibility index (Phi) is 2.55. The van der Waals surface area contributed by atoms with Crippen LogP contribution in [0.4, 0.5) is 0 Å². The number of aromatic hydroxyl groups is 1. The van der Waals surface area contributed by atoms with Crippen molar-refractivity contribution in [3.63, 3.8) is 0 Å². The van der Waals surface area contributed by atoms with Gasteiger partial charge in [-0.15, -0.1) is 0 Å². The topological polar surface area (TPSA) is 71.4 Å². The Morgan fingerprint density at radius 3 is 2.76 bits per heavy atom. The van der Waals surface area contributed by atoms with Crippen LogP contribution in [0.3, 0.4) is 0 Å². The van der Waals surface area contributed by atoms with Crippen LogP contribution in [0.2, 0.25) is 0 Å². The first-order chi connectivity index (χ1) is 12.0. The molecule has 2 N–H and O–H groups in total. The van der Waals surface area contributed by atoms with E-state index in [0.29, 0.717) is 31.8 Å². The van der Waals surface area contributed by atoms with Gasteiger partial charge >= 0.3 is 0 Å². The monoisotopic (exact) mass is 345 g/mol. The largest absolute Gasteiger partial charge is 0.504 e. The normalized spacial score (nSPS) is 43.1. The van der Waals surface area contributed by atoms with E-state index in [2.05, 4.69) is 11.9 Å². The van der Waals surface area contributed by atoms with Crippen molar-refractivity contribution in [1.82, 2.24) is 4.90 Å². The molecule has 25 heavy (non-hydrogen) atoms. The quantitative estimate of drug-likeness (QED) is 0.729. The van der Waals surface area contributed by atoms with E-state index < -0.39 is 22.9 Å². The second-order valence-corrected chi connectivity index (χ2v) is 8.30. The lowest BCUT2D eigenvalue weighted by atomic mass is 9.48. The smallest absolute Gasteiger partial charge is 0.207 e. The molecule has 2 spiro atoms. The van der Waals surface area contributed by atoms with Crippen LogP contribution in [-0.4, -0.2) is 65.5 Å². The summed E-state index contributed by atoms with van der Waals surface area (Å²) in [6, 6.07) is 3.75. The number of hydrogen-bond acceptors (Lipinski definition) is 6. The number of hydrogen-bond donors (Lipinski definition) is 2. The van der Waals surface area contributed by atoms with Crippen LogP contribution >= 0.6 is 0 Å². The maximum absolute atomic E-state index is 12.0. The predicted molar refractivity (Wildman–Crippen MR) is 87.8 cm³/mol. The molecule has 1 aromatic carbocycles. The molecule has 2 bridgehead atoms. The van der Waals surface area contributed by atoms with Gasteiger partial charge in [0.25, 0.3) is 0 Å². The first kappa shape index (κ1) is 14.8. The van der Waals surface area contributed by atoms with Crippen LogP contribution in [-0.2, 0) is 21.3 Å². The van der Waals surface area contributed by atoms with Gasteiger partial charge in [0.2, 0.25) is 5.79 Å². The fourth-order valence-electron chi connectivity index (χ4n) is 6.48. The first-order valence-corrected chi connectivity index (χ1v) is 9.24. The summed E-state index contributed by atoms with van der Waals surface area (Å²) in [5.41, 5.74) is 0.709. The molecule has 3 aliphatic heterocycles. The minimum absolute atomic E-state index is 0.0501. The maximum Gasteiger partial charge on any atom is 0.207 e. The van der Waals surface area contributed by atoms with Crippen LogP contribution in [0.5, 0.6) is 11.5 Å². The van der Waals surface area contributed by atoms with Crippen molar-refractivity contribution in [2.45, 2.75) is 54.6 Å². The predicted octanol–water partition coefficient (Wildman–Crippen LogP) is 0.919. The van der Waals surface area contributed by atoms with Crippen molar-refractivity contribution in [2.24, 2.45) is 0 Å². The molecular formula is C19H23NO5. The Balaban J connectivity index is 1.67. The highest BCUT2D eigenvalue weighted by molar-refractivity contribution is 5.62. The van der Waals surface area contributed by atoms with E-state index in [1.807, 2.05) is 6.07 Å². The second-order valence-electron chi connectivity index (χ2n) is 8.30. The lowest BCUT2D eigenvalue weighted by molar-refractivity contribution is -0.295. The van der Waals surface area contributed by atoms with E-state index >= 15 is 0 Å². The average Bonchev–Trinajstić information content (AvgIpc) is 3.19. The van der Waals surface area contributed by atoms with Crippen molar-refractivity contribution in [2.75, 3.05) is 26.8 Å². The van der Waals surface area contributed by atoms with Crippen molar-refractivity contribution >= 4 is 0 Å². The maximum atomic E-state index is 12.0. The SMILES string of the molecule is CN1CC[C@]23c4c5ccc(O)c4OC2C2(CCC3(O)[C@H]1C5)OCCO2. The van der Waals surface area contributed by atoms with Crippen molar-refractivity contribution in [3.8, 4) is 11.5 Å². The van der Waals surface area contributed by atoms with Gasteiger partial charge in [-0.2, -0.15) is 0 Å². The number of piperidine rings is 1. The van der Waals surface area contributed by atoms with E-state index in [0.717, 1.165) is 24.9 Å². The summed E-state index contributed by atoms with van der Waals surface area (Å²) in [5, 5.41) is 22.5. The van der Waals surface area contributed by atoms with Gasteiger partial charge in [-0.3, -0.25) is 0 Å². The minimum Gasteiger partial charge on any atom is -0.504 e. The molecule has 3 heterocycles. The Hall–Kier alpha value is -1.34. The number of aliphatic hydroxyl groups is 1. The van der Waals surface area contributed by atoms with Crippen molar-refractivity contribution in [3.05, 3.63) is 23.3 Å². The third-order valence-corrected chi connectivity index (χ3v) is 7.51. The van der Waals surface area contributed by atoms with E-state index in [1.165, 1.54) is 5.56 Å². The molecular weight excluding hydrogens is 322 g/mol. The zero-order chi connectivity index (χ0) is 17.0. The van der Waals surface area contributed by atoms with Gasteiger partial charge in [0, 0.05) is 18.0 Å². The third-order valence-electron chi connectivity index (χ3n) is 7.51. The Bertz CT molecular complexity index is 775. The Labute approximate surface area is 146 Å². The summed E-state index contributed by atoms with van der Waals surface area (Å²) in [5.74, 6) is -0.132. The lowest BCUT2D eigenvalue weighted by Gasteiger charge is -2.64. The number of likely N-dealkylation sites (tertiary alicyclic amines) is 1. The van der Waals surface area contributed by atoms with Gasteiger partial charge in [-0.25, -0.2) is 0 Å². The standard InChI is InChI=1S/C19H23NO5/c1-20-7-6-17-14-11-2-3-12(21)15(14)25-16(17)19(23-8-9-24-19)5-4-18(17,22)13(20)10-11/h2-3,13,16,21-22H,4-10H2,1H3/t13-,16?,17+,18?/m1/s1. The minimum atomic E-state index is -0.892. The molecule has 2 unspecified atom stereocenters. The molecule has 134 valence electrons. The highest BCUT2D eigenvalue weighted by atomic mass is 16.8. The first-order valence-electron chi connectivity index (χ1n) is 9.24. The number of rotatable bonds is 0. The average molecular weight is 345 g/mol. The molecule has 0 radical (unpaired) electrons. The number of ether oxygens (including phenoxy) is 3. The van der Waals surface area contributed by atoms with Crippen LogP contribution in [0, 0.1) is 0 Å². The second kappa shape index (κ2) is 4.31.